The first-order chi connectivity index (χ1) is 11.5. The van der Waals surface area contributed by atoms with Gasteiger partial charge in [-0.3, -0.25) is 9.69 Å². The van der Waals surface area contributed by atoms with Gasteiger partial charge in [-0.15, -0.1) is 0 Å². The number of rotatable bonds is 7. The van der Waals surface area contributed by atoms with Gasteiger partial charge < -0.3 is 4.90 Å². The van der Waals surface area contributed by atoms with Gasteiger partial charge in [-0.1, -0.05) is 35.9 Å². The fourth-order valence-corrected chi connectivity index (χ4v) is 2.78. The first kappa shape index (κ1) is 18.4. The predicted octanol–water partition coefficient (Wildman–Crippen LogP) is 3.96. The Hall–Kier alpha value is -1.91. The number of carbonyl (C=O) groups is 1. The summed E-state index contributed by atoms with van der Waals surface area (Å²) >= 11 is 5.99. The second-order valence-electron chi connectivity index (χ2n) is 5.84. The third-order valence-electron chi connectivity index (χ3n) is 3.74. The zero-order valence-electron chi connectivity index (χ0n) is 14.0. The predicted molar refractivity (Wildman–Crippen MR) is 95.3 cm³/mol. The van der Waals surface area contributed by atoms with E-state index in [2.05, 4.69) is 0 Å². The molecule has 0 aromatic heterocycles. The van der Waals surface area contributed by atoms with Crippen LogP contribution in [0.4, 0.5) is 4.39 Å². The zero-order chi connectivity index (χ0) is 17.5. The molecule has 0 aliphatic heterocycles. The first-order valence-electron chi connectivity index (χ1n) is 7.93. The Morgan fingerprint density at radius 2 is 1.75 bits per heavy atom. The summed E-state index contributed by atoms with van der Waals surface area (Å²) in [7, 11) is 1.90. The summed E-state index contributed by atoms with van der Waals surface area (Å²) in [6, 6.07) is 14.0. The molecular weight excluding hydrogens is 327 g/mol. The molecule has 0 heterocycles. The van der Waals surface area contributed by atoms with Gasteiger partial charge in [0.25, 0.3) is 0 Å². The van der Waals surface area contributed by atoms with E-state index in [0.29, 0.717) is 31.2 Å². The molecule has 0 unspecified atom stereocenters. The molecule has 0 radical (unpaired) electrons. The highest BCUT2D eigenvalue weighted by Crippen LogP contribution is 2.13. The van der Waals surface area contributed by atoms with Crippen LogP contribution >= 0.6 is 11.6 Å². The topological polar surface area (TPSA) is 23.6 Å². The van der Waals surface area contributed by atoms with E-state index < -0.39 is 0 Å². The monoisotopic (exact) mass is 348 g/mol. The van der Waals surface area contributed by atoms with Gasteiger partial charge >= 0.3 is 0 Å². The minimum atomic E-state index is -0.283. The highest BCUT2D eigenvalue weighted by Gasteiger charge is 2.15. The summed E-state index contributed by atoms with van der Waals surface area (Å²) in [5, 5.41) is 0.688. The molecule has 24 heavy (non-hydrogen) atoms. The van der Waals surface area contributed by atoms with Crippen LogP contribution in [0.2, 0.25) is 5.02 Å². The minimum absolute atomic E-state index is 0.0197. The smallest absolute Gasteiger partial charge is 0.237 e. The van der Waals surface area contributed by atoms with Gasteiger partial charge in [0, 0.05) is 24.7 Å². The molecule has 0 N–H and O–H groups in total. The molecule has 5 heteroatoms. The molecule has 0 saturated heterocycles. The number of hydrogen-bond acceptors (Lipinski definition) is 2. The van der Waals surface area contributed by atoms with Crippen LogP contribution in [-0.4, -0.2) is 35.8 Å². The molecule has 0 atom stereocenters. The Balaban J connectivity index is 1.93. The largest absolute Gasteiger partial charge is 0.338 e. The van der Waals surface area contributed by atoms with Crippen molar-refractivity contribution in [2.75, 3.05) is 20.1 Å². The Kier molecular flexibility index (Phi) is 6.76. The lowest BCUT2D eigenvalue weighted by molar-refractivity contribution is -0.132. The summed E-state index contributed by atoms with van der Waals surface area (Å²) in [5.41, 5.74) is 1.86. The van der Waals surface area contributed by atoms with E-state index >= 15 is 0 Å². The molecule has 0 aliphatic carbocycles. The van der Waals surface area contributed by atoms with Crippen LogP contribution in [0.15, 0.2) is 48.5 Å². The van der Waals surface area contributed by atoms with Gasteiger partial charge in [0.15, 0.2) is 0 Å². The number of hydrogen-bond donors (Lipinski definition) is 0. The van der Waals surface area contributed by atoms with Crippen molar-refractivity contribution in [3.05, 3.63) is 70.5 Å². The summed E-state index contributed by atoms with van der Waals surface area (Å²) in [6.07, 6.45) is 0. The molecule has 2 rings (SSSR count). The van der Waals surface area contributed by atoms with Crippen LogP contribution in [0.1, 0.15) is 18.1 Å². The van der Waals surface area contributed by atoms with Crippen molar-refractivity contribution in [1.82, 2.24) is 9.80 Å². The van der Waals surface area contributed by atoms with E-state index in [4.69, 9.17) is 11.6 Å². The van der Waals surface area contributed by atoms with Crippen molar-refractivity contribution < 1.29 is 9.18 Å². The highest BCUT2D eigenvalue weighted by molar-refractivity contribution is 6.30. The summed E-state index contributed by atoms with van der Waals surface area (Å²) < 4.78 is 13.3. The molecule has 0 fully saturated rings. The van der Waals surface area contributed by atoms with Gasteiger partial charge in [0.1, 0.15) is 5.82 Å². The van der Waals surface area contributed by atoms with Crippen molar-refractivity contribution in [3.8, 4) is 0 Å². The molecule has 0 bridgehead atoms. The maximum Gasteiger partial charge on any atom is 0.237 e. The van der Waals surface area contributed by atoms with Crippen LogP contribution in [0.5, 0.6) is 0 Å². The molecule has 1 amide bonds. The van der Waals surface area contributed by atoms with Crippen LogP contribution < -0.4 is 0 Å². The molecule has 3 nitrogen and oxygen atoms in total. The van der Waals surface area contributed by atoms with Crippen molar-refractivity contribution in [2.45, 2.75) is 20.0 Å². The van der Waals surface area contributed by atoms with Gasteiger partial charge in [-0.05, 0) is 49.4 Å². The lowest BCUT2D eigenvalue weighted by Crippen LogP contribution is -2.38. The second-order valence-corrected chi connectivity index (χ2v) is 6.28. The van der Waals surface area contributed by atoms with Gasteiger partial charge in [-0.2, -0.15) is 0 Å². The van der Waals surface area contributed by atoms with E-state index in [1.807, 2.05) is 49.2 Å². The summed E-state index contributed by atoms with van der Waals surface area (Å²) in [4.78, 5) is 16.2. The normalized spacial score (nSPS) is 10.9. The minimum Gasteiger partial charge on any atom is -0.338 e. The number of halogens is 2. The maximum atomic E-state index is 13.3. The van der Waals surface area contributed by atoms with Crippen molar-refractivity contribution in [3.63, 3.8) is 0 Å². The van der Waals surface area contributed by atoms with Crippen LogP contribution in [0, 0.1) is 5.82 Å². The van der Waals surface area contributed by atoms with Crippen molar-refractivity contribution in [2.24, 2.45) is 0 Å². The molecule has 0 saturated carbocycles. The summed E-state index contributed by atoms with van der Waals surface area (Å²) in [6.45, 7) is 3.87. The SMILES string of the molecule is CCN(Cc1cccc(F)c1)C(=O)CN(C)Cc1cccc(Cl)c1. The lowest BCUT2D eigenvalue weighted by atomic mass is 10.2. The quantitative estimate of drug-likeness (QED) is 0.756. The molecule has 0 aliphatic rings. The van der Waals surface area contributed by atoms with Gasteiger partial charge in [0.2, 0.25) is 5.91 Å². The van der Waals surface area contributed by atoms with E-state index in [0.717, 1.165) is 11.1 Å². The fourth-order valence-electron chi connectivity index (χ4n) is 2.57. The molecular formula is C19H22ClFN2O. The molecule has 2 aromatic carbocycles. The van der Waals surface area contributed by atoms with Gasteiger partial charge in [0.05, 0.1) is 6.54 Å². The number of nitrogens with zero attached hydrogens (tertiary/aromatic N) is 2. The Bertz CT molecular complexity index is 693. The number of amides is 1. The van der Waals surface area contributed by atoms with Crippen LogP contribution in [0.25, 0.3) is 0 Å². The Morgan fingerprint density at radius 3 is 2.38 bits per heavy atom. The lowest BCUT2D eigenvalue weighted by Gasteiger charge is -2.24. The van der Waals surface area contributed by atoms with Gasteiger partial charge in [-0.25, -0.2) is 4.39 Å². The number of likely N-dealkylation sites (N-methyl/N-ethyl adjacent to an activating group) is 2. The number of carbonyl (C=O) groups excluding carboxylic acids is 1. The van der Waals surface area contributed by atoms with E-state index in [9.17, 15) is 9.18 Å². The van der Waals surface area contributed by atoms with Crippen molar-refractivity contribution in [1.29, 1.82) is 0 Å². The maximum absolute atomic E-state index is 13.3. The Morgan fingerprint density at radius 1 is 1.08 bits per heavy atom. The second kappa shape index (κ2) is 8.81. The Labute approximate surface area is 147 Å². The first-order valence-corrected chi connectivity index (χ1v) is 8.31. The van der Waals surface area contributed by atoms with E-state index in [-0.39, 0.29) is 11.7 Å². The zero-order valence-corrected chi connectivity index (χ0v) is 14.8. The van der Waals surface area contributed by atoms with Crippen molar-refractivity contribution >= 4 is 17.5 Å². The third kappa shape index (κ3) is 5.62. The molecule has 128 valence electrons. The standard InChI is InChI=1S/C19H22ClFN2O/c1-3-23(13-16-7-5-9-18(21)11-16)19(24)14-22(2)12-15-6-4-8-17(20)10-15/h4-11H,3,12-14H2,1-2H3. The fraction of sp³-hybridized carbons (Fsp3) is 0.316. The average molecular weight is 349 g/mol. The molecule has 2 aromatic rings. The molecule has 0 spiro atoms. The number of benzene rings is 2. The van der Waals surface area contributed by atoms with Crippen LogP contribution in [-0.2, 0) is 17.9 Å². The van der Waals surface area contributed by atoms with E-state index in [1.54, 1.807) is 11.0 Å². The average Bonchev–Trinajstić information content (AvgIpc) is 2.52. The van der Waals surface area contributed by atoms with E-state index in [1.165, 1.54) is 12.1 Å². The summed E-state index contributed by atoms with van der Waals surface area (Å²) in [5.74, 6) is -0.264. The highest BCUT2D eigenvalue weighted by atomic mass is 35.5. The third-order valence-corrected chi connectivity index (χ3v) is 3.98. The van der Waals surface area contributed by atoms with Crippen LogP contribution in [0.3, 0.4) is 0 Å².